The van der Waals surface area contributed by atoms with Crippen LogP contribution in [0.2, 0.25) is 5.02 Å². The highest BCUT2D eigenvalue weighted by molar-refractivity contribution is 7.93. The van der Waals surface area contributed by atoms with E-state index in [1.807, 2.05) is 6.07 Å². The van der Waals surface area contributed by atoms with Crippen molar-refractivity contribution in [3.63, 3.8) is 0 Å². The molecule has 0 atom stereocenters. The van der Waals surface area contributed by atoms with Gasteiger partial charge in [-0.05, 0) is 30.3 Å². The second-order valence-corrected chi connectivity index (χ2v) is 6.66. The van der Waals surface area contributed by atoms with Gasteiger partial charge in [0.05, 0.1) is 16.9 Å². The molecule has 2 rings (SSSR count). The Labute approximate surface area is 128 Å². The van der Waals surface area contributed by atoms with E-state index in [1.165, 1.54) is 25.2 Å². The summed E-state index contributed by atoms with van der Waals surface area (Å²) in [6.07, 6.45) is 0. The number of nitrogen functional groups attached to an aromatic ring is 1. The summed E-state index contributed by atoms with van der Waals surface area (Å²) in [5, 5.41) is 9.43. The summed E-state index contributed by atoms with van der Waals surface area (Å²) in [5.74, 6) is 0. The van der Waals surface area contributed by atoms with Crippen LogP contribution in [0.5, 0.6) is 0 Å². The van der Waals surface area contributed by atoms with E-state index in [9.17, 15) is 8.42 Å². The Morgan fingerprint density at radius 2 is 1.90 bits per heavy atom. The molecule has 7 heteroatoms. The summed E-state index contributed by atoms with van der Waals surface area (Å²) in [6.45, 7) is 0. The maximum absolute atomic E-state index is 12.6. The SMILES string of the molecule is CN(c1ccccc1C#N)S(=O)(=O)c1ccc(Cl)cc1N. The van der Waals surface area contributed by atoms with Crippen molar-refractivity contribution in [3.8, 4) is 6.07 Å². The molecule has 0 aliphatic rings. The zero-order chi connectivity index (χ0) is 15.6. The fourth-order valence-electron chi connectivity index (χ4n) is 1.87. The van der Waals surface area contributed by atoms with Gasteiger partial charge in [0.1, 0.15) is 11.0 Å². The lowest BCUT2D eigenvalue weighted by atomic mass is 10.2. The molecular formula is C14H12ClN3O2S. The van der Waals surface area contributed by atoms with Crippen molar-refractivity contribution in [1.82, 2.24) is 0 Å². The minimum Gasteiger partial charge on any atom is -0.398 e. The molecule has 0 saturated heterocycles. The molecule has 0 bridgehead atoms. The highest BCUT2D eigenvalue weighted by Gasteiger charge is 2.25. The van der Waals surface area contributed by atoms with Crippen LogP contribution in [0.1, 0.15) is 5.56 Å². The molecule has 0 aliphatic carbocycles. The molecule has 2 aromatic carbocycles. The monoisotopic (exact) mass is 321 g/mol. The van der Waals surface area contributed by atoms with Gasteiger partial charge in [-0.3, -0.25) is 4.31 Å². The molecule has 21 heavy (non-hydrogen) atoms. The van der Waals surface area contributed by atoms with Gasteiger partial charge in [0.25, 0.3) is 10.0 Å². The smallest absolute Gasteiger partial charge is 0.266 e. The average Bonchev–Trinajstić information content (AvgIpc) is 2.46. The number of halogens is 1. The fraction of sp³-hybridized carbons (Fsp3) is 0.0714. The highest BCUT2D eigenvalue weighted by atomic mass is 35.5. The molecule has 5 nitrogen and oxygen atoms in total. The van der Waals surface area contributed by atoms with Crippen LogP contribution in [0.15, 0.2) is 47.4 Å². The van der Waals surface area contributed by atoms with Crippen LogP contribution in [0.4, 0.5) is 11.4 Å². The summed E-state index contributed by atoms with van der Waals surface area (Å²) < 4.78 is 26.3. The number of para-hydroxylation sites is 1. The molecule has 0 aromatic heterocycles. The molecule has 0 amide bonds. The van der Waals surface area contributed by atoms with Gasteiger partial charge in [-0.25, -0.2) is 8.42 Å². The van der Waals surface area contributed by atoms with E-state index in [-0.39, 0.29) is 21.8 Å². The normalized spacial score (nSPS) is 10.9. The van der Waals surface area contributed by atoms with Crippen molar-refractivity contribution in [2.75, 3.05) is 17.1 Å². The quantitative estimate of drug-likeness (QED) is 0.880. The maximum atomic E-state index is 12.6. The molecule has 0 saturated carbocycles. The minimum atomic E-state index is -3.87. The lowest BCUT2D eigenvalue weighted by molar-refractivity contribution is 0.595. The molecular weight excluding hydrogens is 310 g/mol. The standard InChI is InChI=1S/C14H12ClN3O2S/c1-18(13-5-3-2-4-10(13)9-16)21(19,20)14-7-6-11(15)8-12(14)17/h2-8H,17H2,1H3. The van der Waals surface area contributed by atoms with Crippen LogP contribution < -0.4 is 10.0 Å². The van der Waals surface area contributed by atoms with Gasteiger partial charge in [0.2, 0.25) is 0 Å². The number of hydrogen-bond donors (Lipinski definition) is 1. The van der Waals surface area contributed by atoms with Gasteiger partial charge in [0, 0.05) is 12.1 Å². The number of hydrogen-bond acceptors (Lipinski definition) is 4. The topological polar surface area (TPSA) is 87.2 Å². The van der Waals surface area contributed by atoms with Crippen molar-refractivity contribution >= 4 is 33.0 Å². The Hall–Kier alpha value is -2.23. The zero-order valence-electron chi connectivity index (χ0n) is 11.1. The van der Waals surface area contributed by atoms with E-state index < -0.39 is 10.0 Å². The van der Waals surface area contributed by atoms with E-state index in [0.29, 0.717) is 5.02 Å². The van der Waals surface area contributed by atoms with E-state index >= 15 is 0 Å². The van der Waals surface area contributed by atoms with Crippen LogP contribution in [-0.2, 0) is 10.0 Å². The molecule has 0 heterocycles. The minimum absolute atomic E-state index is 0.0536. The Morgan fingerprint density at radius 3 is 2.52 bits per heavy atom. The van der Waals surface area contributed by atoms with Crippen molar-refractivity contribution in [1.29, 1.82) is 5.26 Å². The van der Waals surface area contributed by atoms with Crippen molar-refractivity contribution in [2.24, 2.45) is 0 Å². The van der Waals surface area contributed by atoms with E-state index in [2.05, 4.69) is 0 Å². The Balaban J connectivity index is 2.56. The third-order valence-electron chi connectivity index (χ3n) is 2.97. The maximum Gasteiger partial charge on any atom is 0.266 e. The predicted octanol–water partition coefficient (Wildman–Crippen LogP) is 2.62. The fourth-order valence-corrected chi connectivity index (χ4v) is 3.36. The highest BCUT2D eigenvalue weighted by Crippen LogP contribution is 2.29. The number of nitrogens with zero attached hydrogens (tertiary/aromatic N) is 2. The van der Waals surface area contributed by atoms with Crippen LogP contribution in [0, 0.1) is 11.3 Å². The number of nitrogens with two attached hydrogens (primary N) is 1. The molecule has 2 N–H and O–H groups in total. The van der Waals surface area contributed by atoms with Crippen LogP contribution in [-0.4, -0.2) is 15.5 Å². The van der Waals surface area contributed by atoms with Crippen molar-refractivity contribution in [2.45, 2.75) is 4.90 Å². The molecule has 0 radical (unpaired) electrons. The summed E-state index contributed by atoms with van der Waals surface area (Å²) >= 11 is 5.78. The number of anilines is 2. The Morgan fingerprint density at radius 1 is 1.24 bits per heavy atom. The Kier molecular flexibility index (Phi) is 4.07. The summed E-state index contributed by atoms with van der Waals surface area (Å²) in [5.41, 5.74) is 6.34. The lowest BCUT2D eigenvalue weighted by Crippen LogP contribution is -2.28. The van der Waals surface area contributed by atoms with Gasteiger partial charge in [-0.15, -0.1) is 0 Å². The Bertz CT molecular complexity index is 828. The van der Waals surface area contributed by atoms with Gasteiger partial charge in [-0.1, -0.05) is 23.7 Å². The van der Waals surface area contributed by atoms with Crippen LogP contribution in [0.3, 0.4) is 0 Å². The van der Waals surface area contributed by atoms with Gasteiger partial charge < -0.3 is 5.73 Å². The largest absolute Gasteiger partial charge is 0.398 e. The molecule has 0 unspecified atom stereocenters. The summed E-state index contributed by atoms with van der Waals surface area (Å²) in [7, 11) is -2.50. The zero-order valence-corrected chi connectivity index (χ0v) is 12.7. The second kappa shape index (κ2) is 5.64. The third kappa shape index (κ3) is 2.79. The second-order valence-electron chi connectivity index (χ2n) is 4.28. The van der Waals surface area contributed by atoms with Crippen molar-refractivity contribution < 1.29 is 8.42 Å². The first-order valence-electron chi connectivity index (χ1n) is 5.91. The van der Waals surface area contributed by atoms with Crippen molar-refractivity contribution in [3.05, 3.63) is 53.1 Å². The van der Waals surface area contributed by atoms with E-state index in [0.717, 1.165) is 4.31 Å². The first-order valence-corrected chi connectivity index (χ1v) is 7.73. The molecule has 0 fully saturated rings. The average molecular weight is 322 g/mol. The lowest BCUT2D eigenvalue weighted by Gasteiger charge is -2.21. The molecule has 108 valence electrons. The van der Waals surface area contributed by atoms with Gasteiger partial charge >= 0.3 is 0 Å². The number of sulfonamides is 1. The van der Waals surface area contributed by atoms with Gasteiger partial charge in [-0.2, -0.15) is 5.26 Å². The van der Waals surface area contributed by atoms with E-state index in [1.54, 1.807) is 24.3 Å². The molecule has 2 aromatic rings. The number of benzene rings is 2. The predicted molar refractivity (Wildman–Crippen MR) is 82.6 cm³/mol. The van der Waals surface area contributed by atoms with Crippen LogP contribution in [0.25, 0.3) is 0 Å². The number of nitriles is 1. The molecule has 0 spiro atoms. The summed E-state index contributed by atoms with van der Waals surface area (Å²) in [4.78, 5) is -0.0536. The molecule has 0 aliphatic heterocycles. The first kappa shape index (κ1) is 15.2. The van der Waals surface area contributed by atoms with Gasteiger partial charge in [0.15, 0.2) is 0 Å². The first-order chi connectivity index (χ1) is 9.87. The number of rotatable bonds is 3. The third-order valence-corrected chi connectivity index (χ3v) is 5.05. The van der Waals surface area contributed by atoms with E-state index in [4.69, 9.17) is 22.6 Å². The summed E-state index contributed by atoms with van der Waals surface area (Å²) in [6, 6.07) is 12.6. The van der Waals surface area contributed by atoms with Crippen LogP contribution >= 0.6 is 11.6 Å².